The highest BCUT2D eigenvalue weighted by atomic mass is 16.6. The smallest absolute Gasteiger partial charge is 0.410 e. The van der Waals surface area contributed by atoms with E-state index in [9.17, 15) is 4.79 Å². The van der Waals surface area contributed by atoms with E-state index >= 15 is 0 Å². The van der Waals surface area contributed by atoms with Gasteiger partial charge in [0, 0.05) is 19.3 Å². The summed E-state index contributed by atoms with van der Waals surface area (Å²) in [6.07, 6.45) is 2.55. The molecule has 0 bridgehead atoms. The summed E-state index contributed by atoms with van der Waals surface area (Å²) in [5, 5.41) is 8.02. The first-order chi connectivity index (χ1) is 8.35. The summed E-state index contributed by atoms with van der Waals surface area (Å²) in [6.45, 7) is 8.87. The Kier molecular flexibility index (Phi) is 3.28. The van der Waals surface area contributed by atoms with E-state index < -0.39 is 5.60 Å². The lowest BCUT2D eigenvalue weighted by molar-refractivity contribution is 0.0288. The van der Waals surface area contributed by atoms with E-state index in [4.69, 9.17) is 4.74 Å². The van der Waals surface area contributed by atoms with Crippen LogP contribution in [0.1, 0.15) is 38.9 Å². The van der Waals surface area contributed by atoms with Crippen molar-refractivity contribution in [1.82, 2.24) is 19.9 Å². The summed E-state index contributed by atoms with van der Waals surface area (Å²) in [6, 6.07) is 0.207. The Bertz CT molecular complexity index is 436. The molecule has 0 N–H and O–H groups in total. The van der Waals surface area contributed by atoms with E-state index in [0.29, 0.717) is 13.1 Å². The van der Waals surface area contributed by atoms with Crippen molar-refractivity contribution in [3.63, 3.8) is 0 Å². The van der Waals surface area contributed by atoms with E-state index in [2.05, 4.69) is 10.3 Å². The van der Waals surface area contributed by atoms with Crippen molar-refractivity contribution in [2.75, 3.05) is 13.1 Å². The van der Waals surface area contributed by atoms with Crippen molar-refractivity contribution in [3.8, 4) is 0 Å². The van der Waals surface area contributed by atoms with Gasteiger partial charge in [0.05, 0.1) is 11.7 Å². The van der Waals surface area contributed by atoms with Gasteiger partial charge in [0.25, 0.3) is 0 Å². The van der Waals surface area contributed by atoms with Crippen LogP contribution >= 0.6 is 0 Å². The molecule has 2 heterocycles. The van der Waals surface area contributed by atoms with Crippen LogP contribution in [0.2, 0.25) is 0 Å². The number of rotatable bonds is 1. The van der Waals surface area contributed by atoms with E-state index in [1.165, 1.54) is 0 Å². The van der Waals surface area contributed by atoms with Crippen molar-refractivity contribution < 1.29 is 9.53 Å². The molecular formula is C12H20N4O2. The number of aromatic nitrogens is 3. The van der Waals surface area contributed by atoms with Gasteiger partial charge < -0.3 is 9.64 Å². The van der Waals surface area contributed by atoms with Crippen molar-refractivity contribution in [1.29, 1.82) is 0 Å². The van der Waals surface area contributed by atoms with Gasteiger partial charge in [-0.15, -0.1) is 5.10 Å². The zero-order chi connectivity index (χ0) is 13.3. The molecule has 1 aromatic heterocycles. The number of carbonyl (C=O) groups excluding carboxylic acids is 1. The largest absolute Gasteiger partial charge is 0.444 e. The third-order valence-electron chi connectivity index (χ3n) is 2.81. The van der Waals surface area contributed by atoms with Crippen LogP contribution in [0.3, 0.4) is 0 Å². The quantitative estimate of drug-likeness (QED) is 0.764. The van der Waals surface area contributed by atoms with Crippen LogP contribution in [0.4, 0.5) is 4.79 Å². The van der Waals surface area contributed by atoms with Crippen LogP contribution < -0.4 is 0 Å². The fraction of sp³-hybridized carbons (Fsp3) is 0.750. The number of amides is 1. The number of carbonyl (C=O) groups is 1. The first kappa shape index (κ1) is 12.9. The second kappa shape index (κ2) is 4.59. The summed E-state index contributed by atoms with van der Waals surface area (Å²) in [4.78, 5) is 13.6. The Morgan fingerprint density at radius 3 is 2.78 bits per heavy atom. The average Bonchev–Trinajstić information content (AvgIpc) is 2.82. The lowest BCUT2D eigenvalue weighted by atomic mass is 10.2. The Hall–Kier alpha value is -1.59. The van der Waals surface area contributed by atoms with E-state index in [0.717, 1.165) is 12.1 Å². The normalized spacial score (nSPS) is 20.2. The molecule has 1 aromatic rings. The number of hydrogen-bond acceptors (Lipinski definition) is 4. The van der Waals surface area contributed by atoms with Crippen molar-refractivity contribution >= 4 is 6.09 Å². The third kappa shape index (κ3) is 3.00. The standard InChI is InChI=1S/C12H20N4O2/c1-9-7-16(14-13-9)10-5-6-15(8-10)11(17)18-12(2,3)4/h7,10H,5-6,8H2,1-4H3. The summed E-state index contributed by atoms with van der Waals surface area (Å²) in [5.41, 5.74) is 0.449. The molecule has 0 aliphatic carbocycles. The highest BCUT2D eigenvalue weighted by Gasteiger charge is 2.31. The molecule has 18 heavy (non-hydrogen) atoms. The number of ether oxygens (including phenoxy) is 1. The van der Waals surface area contributed by atoms with Gasteiger partial charge in [-0.1, -0.05) is 5.21 Å². The summed E-state index contributed by atoms with van der Waals surface area (Å²) in [5.74, 6) is 0. The SMILES string of the molecule is Cc1cn(C2CCN(C(=O)OC(C)(C)C)C2)nn1. The van der Waals surface area contributed by atoms with Crippen LogP contribution in [0.25, 0.3) is 0 Å². The number of nitrogens with zero attached hydrogens (tertiary/aromatic N) is 4. The molecule has 0 saturated carbocycles. The Morgan fingerprint density at radius 2 is 2.22 bits per heavy atom. The molecule has 6 nitrogen and oxygen atoms in total. The molecule has 2 rings (SSSR count). The maximum absolute atomic E-state index is 11.9. The van der Waals surface area contributed by atoms with Gasteiger partial charge in [-0.3, -0.25) is 0 Å². The van der Waals surface area contributed by atoms with Crippen molar-refractivity contribution in [3.05, 3.63) is 11.9 Å². The fourth-order valence-corrected chi connectivity index (χ4v) is 1.99. The van der Waals surface area contributed by atoms with Gasteiger partial charge in [-0.05, 0) is 34.1 Å². The number of aryl methyl sites for hydroxylation is 1. The van der Waals surface area contributed by atoms with E-state index in [1.54, 1.807) is 4.90 Å². The van der Waals surface area contributed by atoms with Crippen LogP contribution in [0.5, 0.6) is 0 Å². The zero-order valence-electron chi connectivity index (χ0n) is 11.4. The van der Waals surface area contributed by atoms with E-state index in [1.807, 2.05) is 38.6 Å². The molecule has 0 spiro atoms. The molecule has 1 saturated heterocycles. The molecule has 100 valence electrons. The number of hydrogen-bond donors (Lipinski definition) is 0. The highest BCUT2D eigenvalue weighted by Crippen LogP contribution is 2.22. The van der Waals surface area contributed by atoms with Crippen LogP contribution in [-0.4, -0.2) is 44.7 Å². The highest BCUT2D eigenvalue weighted by molar-refractivity contribution is 5.68. The van der Waals surface area contributed by atoms with Crippen LogP contribution in [0, 0.1) is 6.92 Å². The van der Waals surface area contributed by atoms with Gasteiger partial charge in [0.15, 0.2) is 0 Å². The predicted octanol–water partition coefficient (Wildman–Crippen LogP) is 1.77. The molecule has 1 amide bonds. The van der Waals surface area contributed by atoms with Gasteiger partial charge >= 0.3 is 6.09 Å². The first-order valence-electron chi connectivity index (χ1n) is 6.21. The molecule has 0 aromatic carbocycles. The van der Waals surface area contributed by atoms with Crippen LogP contribution in [-0.2, 0) is 4.74 Å². The minimum Gasteiger partial charge on any atom is -0.444 e. The molecule has 6 heteroatoms. The molecular weight excluding hydrogens is 232 g/mol. The lowest BCUT2D eigenvalue weighted by Crippen LogP contribution is -2.35. The first-order valence-corrected chi connectivity index (χ1v) is 6.21. The van der Waals surface area contributed by atoms with E-state index in [-0.39, 0.29) is 12.1 Å². The van der Waals surface area contributed by atoms with Crippen molar-refractivity contribution in [2.24, 2.45) is 0 Å². The second-order valence-electron chi connectivity index (χ2n) is 5.71. The molecule has 1 aliphatic heterocycles. The minimum absolute atomic E-state index is 0.207. The number of likely N-dealkylation sites (tertiary alicyclic amines) is 1. The topological polar surface area (TPSA) is 60.2 Å². The average molecular weight is 252 g/mol. The van der Waals surface area contributed by atoms with Gasteiger partial charge in [-0.25, -0.2) is 9.48 Å². The van der Waals surface area contributed by atoms with Gasteiger partial charge in [-0.2, -0.15) is 0 Å². The second-order valence-corrected chi connectivity index (χ2v) is 5.71. The summed E-state index contributed by atoms with van der Waals surface area (Å²) >= 11 is 0. The predicted molar refractivity (Wildman–Crippen MR) is 66.2 cm³/mol. The van der Waals surface area contributed by atoms with Crippen LogP contribution in [0.15, 0.2) is 6.20 Å². The van der Waals surface area contributed by atoms with Crippen molar-refractivity contribution in [2.45, 2.75) is 45.8 Å². The molecule has 1 atom stereocenters. The molecule has 1 fully saturated rings. The molecule has 0 radical (unpaired) electrons. The maximum atomic E-state index is 11.9. The van der Waals surface area contributed by atoms with Gasteiger partial charge in [0.1, 0.15) is 5.60 Å². The minimum atomic E-state index is -0.445. The molecule has 1 aliphatic rings. The fourth-order valence-electron chi connectivity index (χ4n) is 1.99. The Morgan fingerprint density at radius 1 is 1.50 bits per heavy atom. The lowest BCUT2D eigenvalue weighted by Gasteiger charge is -2.24. The molecule has 1 unspecified atom stereocenters. The zero-order valence-corrected chi connectivity index (χ0v) is 11.4. The third-order valence-corrected chi connectivity index (χ3v) is 2.81. The Balaban J connectivity index is 1.94. The monoisotopic (exact) mass is 252 g/mol. The van der Waals surface area contributed by atoms with Gasteiger partial charge in [0.2, 0.25) is 0 Å². The summed E-state index contributed by atoms with van der Waals surface area (Å²) < 4.78 is 7.19. The maximum Gasteiger partial charge on any atom is 0.410 e. The summed E-state index contributed by atoms with van der Waals surface area (Å²) in [7, 11) is 0. The Labute approximate surface area is 107 Å².